The van der Waals surface area contributed by atoms with Gasteiger partial charge in [-0.1, -0.05) is 25.4 Å². The normalized spacial score (nSPS) is 12.2. The molecule has 0 saturated heterocycles. The summed E-state index contributed by atoms with van der Waals surface area (Å²) in [5, 5.41) is 7.13. The van der Waals surface area contributed by atoms with Crippen molar-refractivity contribution in [2.45, 2.75) is 26.9 Å². The molecule has 1 atom stereocenters. The summed E-state index contributed by atoms with van der Waals surface area (Å²) in [6, 6.07) is 7.25. The van der Waals surface area contributed by atoms with Gasteiger partial charge in [-0.3, -0.25) is 4.79 Å². The van der Waals surface area contributed by atoms with Gasteiger partial charge >= 0.3 is 0 Å². The van der Waals surface area contributed by atoms with Gasteiger partial charge in [-0.25, -0.2) is 4.99 Å². The van der Waals surface area contributed by atoms with E-state index in [9.17, 15) is 4.79 Å². The van der Waals surface area contributed by atoms with Gasteiger partial charge in [0.1, 0.15) is 18.4 Å². The summed E-state index contributed by atoms with van der Waals surface area (Å²) in [6.45, 7) is 7.63. The first-order chi connectivity index (χ1) is 11.8. The van der Waals surface area contributed by atoms with Crippen molar-refractivity contribution in [2.75, 3.05) is 33.7 Å². The van der Waals surface area contributed by atoms with Crippen LogP contribution in [0.25, 0.3) is 0 Å². The summed E-state index contributed by atoms with van der Waals surface area (Å²) < 4.78 is 5.83. The van der Waals surface area contributed by atoms with Crippen molar-refractivity contribution in [3.05, 3.63) is 29.3 Å². The third-order valence-corrected chi connectivity index (χ3v) is 3.51. The molecule has 26 heavy (non-hydrogen) atoms. The Bertz CT molecular complexity index is 565. The molecule has 148 valence electrons. The Morgan fingerprint density at radius 3 is 2.27 bits per heavy atom. The van der Waals surface area contributed by atoms with Crippen molar-refractivity contribution >= 4 is 47.4 Å². The Morgan fingerprint density at radius 1 is 1.15 bits per heavy atom. The lowest BCUT2D eigenvalue weighted by molar-refractivity contribution is -0.127. The molecule has 0 heterocycles. The van der Waals surface area contributed by atoms with Crippen molar-refractivity contribution in [1.82, 2.24) is 15.5 Å². The second kappa shape index (κ2) is 13.0. The van der Waals surface area contributed by atoms with Crippen LogP contribution in [0, 0.1) is 5.92 Å². The van der Waals surface area contributed by atoms with Crippen LogP contribution >= 0.6 is 35.6 Å². The number of carbonyl (C=O) groups excluding carboxylic acids is 1. The molecule has 1 rings (SSSR count). The number of halogens is 2. The lowest BCUT2D eigenvalue weighted by Gasteiger charge is -2.19. The minimum atomic E-state index is -0.0724. The van der Waals surface area contributed by atoms with Gasteiger partial charge in [-0.05, 0) is 37.1 Å². The minimum absolute atomic E-state index is 0. The minimum Gasteiger partial charge on any atom is -0.489 e. The maximum atomic E-state index is 11.7. The molecule has 0 aliphatic carbocycles. The van der Waals surface area contributed by atoms with E-state index in [0.717, 1.165) is 12.3 Å². The molecule has 1 unspecified atom stereocenters. The lowest BCUT2D eigenvalue weighted by Crippen LogP contribution is -2.43. The van der Waals surface area contributed by atoms with Crippen molar-refractivity contribution in [3.63, 3.8) is 0 Å². The number of likely N-dealkylation sites (N-methyl/N-ethyl adjacent to an activating group) is 1. The molecule has 6 nitrogen and oxygen atoms in total. The largest absolute Gasteiger partial charge is 0.489 e. The van der Waals surface area contributed by atoms with Gasteiger partial charge in [0.25, 0.3) is 0 Å². The van der Waals surface area contributed by atoms with E-state index in [0.29, 0.717) is 23.4 Å². The molecule has 2 N–H and O–H groups in total. The number of nitrogens with one attached hydrogen (secondary N) is 2. The van der Waals surface area contributed by atoms with Crippen LogP contribution < -0.4 is 15.4 Å². The third-order valence-electron chi connectivity index (χ3n) is 3.26. The second-order valence-corrected chi connectivity index (χ2v) is 6.93. The molecule has 0 fully saturated rings. The maximum Gasteiger partial charge on any atom is 0.243 e. The fourth-order valence-corrected chi connectivity index (χ4v) is 1.92. The van der Waals surface area contributed by atoms with E-state index in [2.05, 4.69) is 29.5 Å². The van der Waals surface area contributed by atoms with Crippen molar-refractivity contribution in [2.24, 2.45) is 10.9 Å². The molecule has 8 heteroatoms. The Balaban J connectivity index is 0.00000625. The Labute approximate surface area is 178 Å². The van der Waals surface area contributed by atoms with Crippen LogP contribution in [0.15, 0.2) is 29.3 Å². The Kier molecular flexibility index (Phi) is 12.4. The zero-order valence-corrected chi connectivity index (χ0v) is 19.2. The summed E-state index contributed by atoms with van der Waals surface area (Å²) in [6.07, 6.45) is -0.0724. The fourth-order valence-electron chi connectivity index (χ4n) is 1.79. The molecule has 0 bridgehead atoms. The van der Waals surface area contributed by atoms with Crippen LogP contribution in [-0.2, 0) is 4.79 Å². The molecule has 0 aromatic heterocycles. The summed E-state index contributed by atoms with van der Waals surface area (Å²) in [7, 11) is 3.43. The smallest absolute Gasteiger partial charge is 0.243 e. The number of hydrogen-bond donors (Lipinski definition) is 2. The first-order valence-corrected chi connectivity index (χ1v) is 8.80. The monoisotopic (exact) mass is 496 g/mol. The maximum absolute atomic E-state index is 11.7. The molecular formula is C18H30ClIN4O2. The fraction of sp³-hybridized carbons (Fsp3) is 0.556. The SMILES string of the molecule is CC(C)CNC(=NCC(=O)N(C)C)NCC(C)Oc1ccc(Cl)cc1.I. The number of ether oxygens (including phenoxy) is 1. The average Bonchev–Trinajstić information content (AvgIpc) is 2.55. The molecule has 0 radical (unpaired) electrons. The lowest BCUT2D eigenvalue weighted by atomic mass is 10.2. The van der Waals surface area contributed by atoms with Gasteiger partial charge in [0.2, 0.25) is 5.91 Å². The molecule has 0 aliphatic rings. The number of guanidine groups is 1. The Hall–Kier alpha value is -1.22. The highest BCUT2D eigenvalue weighted by molar-refractivity contribution is 14.0. The number of carbonyl (C=O) groups is 1. The number of benzene rings is 1. The highest BCUT2D eigenvalue weighted by Gasteiger charge is 2.08. The summed E-state index contributed by atoms with van der Waals surface area (Å²) in [5.41, 5.74) is 0. The first-order valence-electron chi connectivity index (χ1n) is 8.42. The summed E-state index contributed by atoms with van der Waals surface area (Å²) in [5.74, 6) is 1.79. The predicted octanol–water partition coefficient (Wildman–Crippen LogP) is 3.00. The van der Waals surface area contributed by atoms with E-state index >= 15 is 0 Å². The number of amides is 1. The zero-order valence-electron chi connectivity index (χ0n) is 16.1. The predicted molar refractivity (Wildman–Crippen MR) is 119 cm³/mol. The quantitative estimate of drug-likeness (QED) is 0.330. The highest BCUT2D eigenvalue weighted by Crippen LogP contribution is 2.16. The zero-order chi connectivity index (χ0) is 18.8. The van der Waals surface area contributed by atoms with Crippen LogP contribution in [0.1, 0.15) is 20.8 Å². The van der Waals surface area contributed by atoms with Gasteiger partial charge in [0.05, 0.1) is 6.54 Å². The average molecular weight is 497 g/mol. The third kappa shape index (κ3) is 10.7. The van der Waals surface area contributed by atoms with Gasteiger partial charge in [0.15, 0.2) is 5.96 Å². The molecule has 1 amide bonds. The van der Waals surface area contributed by atoms with Crippen molar-refractivity contribution in [1.29, 1.82) is 0 Å². The van der Waals surface area contributed by atoms with Gasteiger partial charge in [0, 0.05) is 25.7 Å². The number of rotatable bonds is 8. The van der Waals surface area contributed by atoms with Crippen molar-refractivity contribution in [3.8, 4) is 5.75 Å². The topological polar surface area (TPSA) is 66.0 Å². The summed E-state index contributed by atoms with van der Waals surface area (Å²) >= 11 is 5.87. The molecule has 0 spiro atoms. The van der Waals surface area contributed by atoms with E-state index in [1.807, 2.05) is 19.1 Å². The van der Waals surface area contributed by atoms with E-state index < -0.39 is 0 Å². The molecule has 1 aromatic rings. The molecule has 1 aromatic carbocycles. The van der Waals surface area contributed by atoms with Crippen LogP contribution in [-0.4, -0.2) is 56.6 Å². The van der Waals surface area contributed by atoms with Crippen molar-refractivity contribution < 1.29 is 9.53 Å². The van der Waals surface area contributed by atoms with E-state index in [1.165, 1.54) is 4.90 Å². The number of nitrogens with zero attached hydrogens (tertiary/aromatic N) is 2. The van der Waals surface area contributed by atoms with Crippen LogP contribution in [0.5, 0.6) is 5.75 Å². The van der Waals surface area contributed by atoms with E-state index in [-0.39, 0.29) is 42.5 Å². The molecular weight excluding hydrogens is 467 g/mol. The Morgan fingerprint density at radius 2 is 1.73 bits per heavy atom. The second-order valence-electron chi connectivity index (χ2n) is 6.49. The van der Waals surface area contributed by atoms with Crippen LogP contribution in [0.4, 0.5) is 0 Å². The standard InChI is InChI=1S/C18H29ClN4O2.HI/c1-13(2)10-20-18(22-12-17(24)23(4)5)21-11-14(3)25-16-8-6-15(19)7-9-16;/h6-9,13-14H,10-12H2,1-5H3,(H2,20,21,22);1H. The molecule has 0 aliphatic heterocycles. The van der Waals surface area contributed by atoms with Gasteiger partial charge in [-0.15, -0.1) is 24.0 Å². The summed E-state index contributed by atoms with van der Waals surface area (Å²) in [4.78, 5) is 17.6. The highest BCUT2D eigenvalue weighted by atomic mass is 127. The van der Waals surface area contributed by atoms with E-state index in [4.69, 9.17) is 16.3 Å². The van der Waals surface area contributed by atoms with Gasteiger partial charge in [-0.2, -0.15) is 0 Å². The number of aliphatic imine (C=N–C) groups is 1. The van der Waals surface area contributed by atoms with Crippen LogP contribution in [0.3, 0.4) is 0 Å². The van der Waals surface area contributed by atoms with E-state index in [1.54, 1.807) is 26.2 Å². The first kappa shape index (κ1) is 24.8. The van der Waals surface area contributed by atoms with Crippen LogP contribution in [0.2, 0.25) is 5.02 Å². The van der Waals surface area contributed by atoms with Gasteiger partial charge < -0.3 is 20.3 Å². The molecule has 0 saturated carbocycles. The number of hydrogen-bond acceptors (Lipinski definition) is 3.